The van der Waals surface area contributed by atoms with Crippen molar-refractivity contribution in [2.75, 3.05) is 32.8 Å². The van der Waals surface area contributed by atoms with Gasteiger partial charge in [0.25, 0.3) is 5.91 Å². The highest BCUT2D eigenvalue weighted by Gasteiger charge is 2.54. The normalized spacial score (nSPS) is 27.2. The number of fused-ring (bicyclic) bond motifs is 1. The molecule has 6 heteroatoms. The first kappa shape index (κ1) is 18.0. The Balaban J connectivity index is 1.85. The number of furan rings is 1. The van der Waals surface area contributed by atoms with Crippen molar-refractivity contribution in [3.63, 3.8) is 0 Å². The summed E-state index contributed by atoms with van der Waals surface area (Å²) in [6, 6.07) is 2.07. The zero-order chi connectivity index (χ0) is 18.0. The molecule has 1 aromatic rings. The molecule has 2 atom stereocenters. The standard InChI is InChI=1S/C19H28N2O4/c1-4-25-18(23)19-7-5-8-20(17(22)15-6-9-24-12-15)10-16(19)11-21(13-19)14(2)3/h6,9,12,14,16H,4-5,7-8,10-11,13H2,1-3H3/t16-,19-/m0/s1. The molecule has 0 spiro atoms. The summed E-state index contributed by atoms with van der Waals surface area (Å²) >= 11 is 0. The molecule has 6 nitrogen and oxygen atoms in total. The van der Waals surface area contributed by atoms with Gasteiger partial charge in [0.15, 0.2) is 0 Å². The largest absolute Gasteiger partial charge is 0.472 e. The van der Waals surface area contributed by atoms with E-state index >= 15 is 0 Å². The molecule has 25 heavy (non-hydrogen) atoms. The molecule has 2 aliphatic rings. The molecule has 0 aliphatic carbocycles. The zero-order valence-electron chi connectivity index (χ0n) is 15.4. The second-order valence-corrected chi connectivity index (χ2v) is 7.46. The van der Waals surface area contributed by atoms with Crippen LogP contribution in [0.5, 0.6) is 0 Å². The third kappa shape index (κ3) is 3.32. The highest BCUT2D eigenvalue weighted by atomic mass is 16.5. The summed E-state index contributed by atoms with van der Waals surface area (Å²) in [5.74, 6) is -0.00975. The topological polar surface area (TPSA) is 63.0 Å². The summed E-state index contributed by atoms with van der Waals surface area (Å²) in [5, 5.41) is 0. The Morgan fingerprint density at radius 1 is 1.40 bits per heavy atom. The van der Waals surface area contributed by atoms with Gasteiger partial charge < -0.3 is 14.1 Å². The maximum atomic E-state index is 12.9. The minimum Gasteiger partial charge on any atom is -0.472 e. The van der Waals surface area contributed by atoms with Crippen molar-refractivity contribution in [3.05, 3.63) is 24.2 Å². The fraction of sp³-hybridized carbons (Fsp3) is 0.684. The third-order valence-corrected chi connectivity index (χ3v) is 5.68. The molecule has 0 radical (unpaired) electrons. The van der Waals surface area contributed by atoms with Crippen LogP contribution in [-0.2, 0) is 9.53 Å². The molecule has 0 unspecified atom stereocenters. The van der Waals surface area contributed by atoms with E-state index in [0.717, 1.165) is 25.9 Å². The number of hydrogen-bond donors (Lipinski definition) is 0. The van der Waals surface area contributed by atoms with E-state index in [9.17, 15) is 9.59 Å². The van der Waals surface area contributed by atoms with Crippen molar-refractivity contribution in [2.24, 2.45) is 11.3 Å². The Bertz CT molecular complexity index is 613. The van der Waals surface area contributed by atoms with Crippen molar-refractivity contribution in [2.45, 2.75) is 39.7 Å². The molecule has 2 fully saturated rings. The third-order valence-electron chi connectivity index (χ3n) is 5.68. The van der Waals surface area contributed by atoms with E-state index < -0.39 is 5.41 Å². The van der Waals surface area contributed by atoms with Crippen molar-refractivity contribution in [3.8, 4) is 0 Å². The summed E-state index contributed by atoms with van der Waals surface area (Å²) in [6.45, 7) is 9.36. The van der Waals surface area contributed by atoms with Gasteiger partial charge in [0.1, 0.15) is 6.26 Å². The van der Waals surface area contributed by atoms with E-state index in [1.54, 1.807) is 6.07 Å². The van der Waals surface area contributed by atoms with Crippen LogP contribution < -0.4 is 0 Å². The quantitative estimate of drug-likeness (QED) is 0.782. The number of likely N-dealkylation sites (tertiary alicyclic amines) is 2. The molecular formula is C19H28N2O4. The number of esters is 1. The minimum absolute atomic E-state index is 0.0172. The van der Waals surface area contributed by atoms with Crippen LogP contribution >= 0.6 is 0 Å². The van der Waals surface area contributed by atoms with Gasteiger partial charge in [0.2, 0.25) is 0 Å². The molecule has 0 saturated carbocycles. The van der Waals surface area contributed by atoms with E-state index in [1.165, 1.54) is 12.5 Å². The summed E-state index contributed by atoms with van der Waals surface area (Å²) in [5.41, 5.74) is 0.0773. The lowest BCUT2D eigenvalue weighted by Crippen LogP contribution is -2.43. The van der Waals surface area contributed by atoms with Gasteiger partial charge in [-0.25, -0.2) is 0 Å². The Hall–Kier alpha value is -1.82. The van der Waals surface area contributed by atoms with Crippen LogP contribution in [-0.4, -0.2) is 60.5 Å². The van der Waals surface area contributed by atoms with E-state index in [0.29, 0.717) is 31.3 Å². The number of nitrogens with zero attached hydrogens (tertiary/aromatic N) is 2. The molecular weight excluding hydrogens is 320 g/mol. The Kier molecular flexibility index (Phi) is 5.18. The van der Waals surface area contributed by atoms with E-state index in [4.69, 9.17) is 9.15 Å². The smallest absolute Gasteiger partial charge is 0.313 e. The first-order chi connectivity index (χ1) is 12.0. The second kappa shape index (κ2) is 7.20. The number of rotatable bonds is 4. The molecule has 0 bridgehead atoms. The Morgan fingerprint density at radius 3 is 2.84 bits per heavy atom. The van der Waals surface area contributed by atoms with Crippen LogP contribution in [0.15, 0.2) is 23.0 Å². The molecule has 1 amide bonds. The van der Waals surface area contributed by atoms with Gasteiger partial charge in [0, 0.05) is 38.1 Å². The first-order valence-corrected chi connectivity index (χ1v) is 9.20. The first-order valence-electron chi connectivity index (χ1n) is 9.20. The maximum Gasteiger partial charge on any atom is 0.313 e. The zero-order valence-corrected chi connectivity index (χ0v) is 15.4. The molecule has 138 valence electrons. The molecule has 1 aromatic heterocycles. The fourth-order valence-corrected chi connectivity index (χ4v) is 4.23. The Morgan fingerprint density at radius 2 is 2.20 bits per heavy atom. The lowest BCUT2D eigenvalue weighted by Gasteiger charge is -2.31. The van der Waals surface area contributed by atoms with Crippen molar-refractivity contribution in [1.29, 1.82) is 0 Å². The van der Waals surface area contributed by atoms with Gasteiger partial charge >= 0.3 is 5.97 Å². The lowest BCUT2D eigenvalue weighted by atomic mass is 9.75. The van der Waals surface area contributed by atoms with Crippen LogP contribution in [0.4, 0.5) is 0 Å². The highest BCUT2D eigenvalue weighted by Crippen LogP contribution is 2.44. The number of hydrogen-bond acceptors (Lipinski definition) is 5. The van der Waals surface area contributed by atoms with Gasteiger partial charge in [-0.1, -0.05) is 0 Å². The van der Waals surface area contributed by atoms with Crippen LogP contribution in [0.3, 0.4) is 0 Å². The SMILES string of the molecule is CCOC(=O)[C@]12CCCN(C(=O)c3ccoc3)C[C@H]1CN(C(C)C)C2. The summed E-state index contributed by atoms with van der Waals surface area (Å²) in [7, 11) is 0. The van der Waals surface area contributed by atoms with Gasteiger partial charge in [-0.3, -0.25) is 14.5 Å². The molecule has 2 aliphatic heterocycles. The maximum absolute atomic E-state index is 12.9. The van der Waals surface area contributed by atoms with Crippen LogP contribution in [0.1, 0.15) is 44.0 Å². The number of carbonyl (C=O) groups is 2. The molecule has 0 N–H and O–H groups in total. The minimum atomic E-state index is -0.494. The van der Waals surface area contributed by atoms with E-state index in [-0.39, 0.29) is 17.8 Å². The molecule has 3 heterocycles. The average molecular weight is 348 g/mol. The van der Waals surface area contributed by atoms with Crippen LogP contribution in [0, 0.1) is 11.3 Å². The van der Waals surface area contributed by atoms with Crippen molar-refractivity contribution < 1.29 is 18.7 Å². The van der Waals surface area contributed by atoms with Crippen LogP contribution in [0.25, 0.3) is 0 Å². The monoisotopic (exact) mass is 348 g/mol. The number of ether oxygens (including phenoxy) is 1. The second-order valence-electron chi connectivity index (χ2n) is 7.46. The number of carbonyl (C=O) groups excluding carboxylic acids is 2. The lowest BCUT2D eigenvalue weighted by molar-refractivity contribution is -0.157. The van der Waals surface area contributed by atoms with Gasteiger partial charge in [-0.15, -0.1) is 0 Å². The predicted octanol–water partition coefficient (Wildman–Crippen LogP) is 2.41. The average Bonchev–Trinajstić information content (AvgIpc) is 3.19. The fourth-order valence-electron chi connectivity index (χ4n) is 4.23. The highest BCUT2D eigenvalue weighted by molar-refractivity contribution is 5.94. The molecule has 2 saturated heterocycles. The van der Waals surface area contributed by atoms with Crippen molar-refractivity contribution >= 4 is 11.9 Å². The van der Waals surface area contributed by atoms with Gasteiger partial charge in [0.05, 0.1) is 23.8 Å². The molecule has 3 rings (SSSR count). The van der Waals surface area contributed by atoms with E-state index in [2.05, 4.69) is 18.7 Å². The summed E-state index contributed by atoms with van der Waals surface area (Å²) < 4.78 is 10.5. The van der Waals surface area contributed by atoms with Crippen molar-refractivity contribution in [1.82, 2.24) is 9.80 Å². The molecule has 0 aromatic carbocycles. The Labute approximate surface area is 149 Å². The predicted molar refractivity (Wildman–Crippen MR) is 93.1 cm³/mol. The summed E-state index contributed by atoms with van der Waals surface area (Å²) in [4.78, 5) is 29.8. The van der Waals surface area contributed by atoms with Crippen LogP contribution in [0.2, 0.25) is 0 Å². The van der Waals surface area contributed by atoms with Gasteiger partial charge in [-0.2, -0.15) is 0 Å². The van der Waals surface area contributed by atoms with Gasteiger partial charge in [-0.05, 0) is 39.7 Å². The summed E-state index contributed by atoms with van der Waals surface area (Å²) in [6.07, 6.45) is 4.59. The van der Waals surface area contributed by atoms with E-state index in [1.807, 2.05) is 11.8 Å². The number of amides is 1.